The molecule has 0 aliphatic rings. The van der Waals surface area contributed by atoms with Crippen LogP contribution in [0, 0.1) is 11.8 Å². The van der Waals surface area contributed by atoms with Crippen molar-refractivity contribution in [2.45, 2.75) is 11.3 Å². The predicted molar refractivity (Wildman–Crippen MR) is 68.2 cm³/mol. The van der Waals surface area contributed by atoms with Gasteiger partial charge in [0.15, 0.2) is 0 Å². The van der Waals surface area contributed by atoms with Gasteiger partial charge in [-0.1, -0.05) is 11.8 Å². The maximum Gasteiger partial charge on any atom is 0.252 e. The van der Waals surface area contributed by atoms with Crippen LogP contribution in [0.5, 0.6) is 0 Å². The smallest absolute Gasteiger partial charge is 0.252 e. The second-order valence-corrected chi connectivity index (χ2v) is 5.75. The summed E-state index contributed by atoms with van der Waals surface area (Å²) in [5, 5.41) is 0. The first-order valence-corrected chi connectivity index (χ1v) is 6.85. The third-order valence-corrected chi connectivity index (χ3v) is 4.13. The molecule has 1 rings (SSSR count). The van der Waals surface area contributed by atoms with E-state index in [-0.39, 0.29) is 11.4 Å². The van der Waals surface area contributed by atoms with Gasteiger partial charge in [-0.25, -0.2) is 17.2 Å². The maximum absolute atomic E-state index is 12.2. The van der Waals surface area contributed by atoms with Gasteiger partial charge < -0.3 is 5.73 Å². The lowest BCUT2D eigenvalue weighted by Crippen LogP contribution is -2.31. The summed E-state index contributed by atoms with van der Waals surface area (Å²) in [6.07, 6.45) is -2.71. The second-order valence-electron chi connectivity index (χ2n) is 3.71. The molecule has 4 nitrogen and oxygen atoms in total. The third kappa shape index (κ3) is 4.28. The Labute approximate surface area is 111 Å². The number of alkyl halides is 2. The first kappa shape index (κ1) is 15.6. The van der Waals surface area contributed by atoms with Crippen molar-refractivity contribution in [3.8, 4) is 11.8 Å². The SMILES string of the molecule is CN(CC(F)F)S(=O)(=O)c1ccc(C#CCN)cc1. The van der Waals surface area contributed by atoms with E-state index in [4.69, 9.17) is 5.73 Å². The molecule has 0 saturated heterocycles. The van der Waals surface area contributed by atoms with E-state index in [0.717, 1.165) is 7.05 Å². The number of hydrogen-bond donors (Lipinski definition) is 1. The number of nitrogens with zero attached hydrogens (tertiary/aromatic N) is 1. The zero-order valence-corrected chi connectivity index (χ0v) is 11.1. The molecule has 0 amide bonds. The van der Waals surface area contributed by atoms with Crippen molar-refractivity contribution < 1.29 is 17.2 Å². The van der Waals surface area contributed by atoms with Crippen LogP contribution in [-0.2, 0) is 10.0 Å². The van der Waals surface area contributed by atoms with E-state index in [1.165, 1.54) is 24.3 Å². The average Bonchev–Trinajstić information content (AvgIpc) is 2.36. The first-order valence-electron chi connectivity index (χ1n) is 5.41. The molecule has 0 spiro atoms. The fourth-order valence-corrected chi connectivity index (χ4v) is 2.48. The highest BCUT2D eigenvalue weighted by Gasteiger charge is 2.23. The lowest BCUT2D eigenvalue weighted by Gasteiger charge is -2.16. The van der Waals surface area contributed by atoms with Crippen LogP contribution in [-0.4, -0.2) is 39.3 Å². The van der Waals surface area contributed by atoms with Crippen LogP contribution in [0.4, 0.5) is 8.78 Å². The van der Waals surface area contributed by atoms with Gasteiger partial charge in [0.1, 0.15) is 0 Å². The number of halogens is 2. The van der Waals surface area contributed by atoms with Gasteiger partial charge in [-0.3, -0.25) is 0 Å². The summed E-state index contributed by atoms with van der Waals surface area (Å²) in [5.74, 6) is 5.37. The molecule has 19 heavy (non-hydrogen) atoms. The van der Waals surface area contributed by atoms with Crippen LogP contribution in [0.2, 0.25) is 0 Å². The topological polar surface area (TPSA) is 63.4 Å². The Morgan fingerprint density at radius 2 is 1.89 bits per heavy atom. The lowest BCUT2D eigenvalue weighted by atomic mass is 10.2. The summed E-state index contributed by atoms with van der Waals surface area (Å²) in [5.41, 5.74) is 5.83. The minimum atomic E-state index is -3.89. The molecule has 0 unspecified atom stereocenters. The van der Waals surface area contributed by atoms with Crippen LogP contribution < -0.4 is 5.73 Å². The Morgan fingerprint density at radius 3 is 2.37 bits per heavy atom. The van der Waals surface area contributed by atoms with Gasteiger partial charge in [0.25, 0.3) is 6.43 Å². The van der Waals surface area contributed by atoms with Crippen LogP contribution >= 0.6 is 0 Å². The molecule has 1 aromatic rings. The summed E-state index contributed by atoms with van der Waals surface area (Å²) >= 11 is 0. The summed E-state index contributed by atoms with van der Waals surface area (Å²) in [7, 11) is -2.78. The highest BCUT2D eigenvalue weighted by atomic mass is 32.2. The minimum Gasteiger partial charge on any atom is -0.320 e. The van der Waals surface area contributed by atoms with Crippen LogP contribution in [0.1, 0.15) is 5.56 Å². The van der Waals surface area contributed by atoms with E-state index in [1.807, 2.05) is 0 Å². The van der Waals surface area contributed by atoms with Crippen molar-refractivity contribution in [2.24, 2.45) is 5.73 Å². The highest BCUT2D eigenvalue weighted by Crippen LogP contribution is 2.15. The molecule has 2 N–H and O–H groups in total. The van der Waals surface area contributed by atoms with Crippen molar-refractivity contribution in [1.82, 2.24) is 4.31 Å². The molecule has 0 heterocycles. The van der Waals surface area contributed by atoms with Crippen molar-refractivity contribution in [1.29, 1.82) is 0 Å². The zero-order chi connectivity index (χ0) is 14.5. The number of rotatable bonds is 4. The Kier molecular flexibility index (Phi) is 5.42. The van der Waals surface area contributed by atoms with E-state index in [1.54, 1.807) is 0 Å². The third-order valence-electron chi connectivity index (χ3n) is 2.29. The van der Waals surface area contributed by atoms with Gasteiger partial charge in [-0.05, 0) is 24.3 Å². The standard InChI is InChI=1S/C12H14F2N2O2S/c1-16(9-12(13)14)19(17,18)11-6-4-10(5-7-11)3-2-8-15/h4-7,12H,8-9,15H2,1H3. The summed E-state index contributed by atoms with van der Waals surface area (Å²) in [6.45, 7) is -0.631. The Hall–Kier alpha value is -1.49. The van der Waals surface area contributed by atoms with Crippen LogP contribution in [0.15, 0.2) is 29.2 Å². The Balaban J connectivity index is 2.96. The van der Waals surface area contributed by atoms with Crippen molar-refractivity contribution in [3.63, 3.8) is 0 Å². The molecule has 1 aromatic carbocycles. The largest absolute Gasteiger partial charge is 0.320 e. The molecule has 0 bridgehead atoms. The van der Waals surface area contributed by atoms with Gasteiger partial charge in [-0.2, -0.15) is 4.31 Å². The van der Waals surface area contributed by atoms with Crippen molar-refractivity contribution in [3.05, 3.63) is 29.8 Å². The van der Waals surface area contributed by atoms with Gasteiger partial charge in [0.2, 0.25) is 10.0 Å². The van der Waals surface area contributed by atoms with Gasteiger partial charge in [0.05, 0.1) is 18.0 Å². The average molecular weight is 288 g/mol. The molecular formula is C12H14F2N2O2S. The van der Waals surface area contributed by atoms with E-state index in [9.17, 15) is 17.2 Å². The molecule has 0 radical (unpaired) electrons. The zero-order valence-electron chi connectivity index (χ0n) is 10.3. The van der Waals surface area contributed by atoms with E-state index in [2.05, 4.69) is 11.8 Å². The minimum absolute atomic E-state index is 0.0473. The fraction of sp³-hybridized carbons (Fsp3) is 0.333. The molecule has 0 aliphatic carbocycles. The van der Waals surface area contributed by atoms with E-state index < -0.39 is 23.0 Å². The molecule has 0 saturated carbocycles. The second kappa shape index (κ2) is 6.61. The maximum atomic E-state index is 12.2. The quantitative estimate of drug-likeness (QED) is 0.837. The van der Waals surface area contributed by atoms with E-state index >= 15 is 0 Å². The number of nitrogens with two attached hydrogens (primary N) is 1. The molecule has 104 valence electrons. The molecule has 0 aromatic heterocycles. The predicted octanol–water partition coefficient (Wildman–Crippen LogP) is 0.882. The van der Waals surface area contributed by atoms with Crippen LogP contribution in [0.3, 0.4) is 0 Å². The normalized spacial score (nSPS) is 11.5. The molecule has 7 heteroatoms. The Morgan fingerprint density at radius 1 is 1.32 bits per heavy atom. The Bertz CT molecular complexity index is 574. The molecular weight excluding hydrogens is 274 g/mol. The fourth-order valence-electron chi connectivity index (χ4n) is 1.34. The highest BCUT2D eigenvalue weighted by molar-refractivity contribution is 7.89. The molecule has 0 fully saturated rings. The summed E-state index contributed by atoms with van der Waals surface area (Å²) in [4.78, 5) is -0.0473. The lowest BCUT2D eigenvalue weighted by molar-refractivity contribution is 0.126. The summed E-state index contributed by atoms with van der Waals surface area (Å²) in [6, 6.07) is 5.67. The molecule has 0 atom stereocenters. The first-order chi connectivity index (χ1) is 8.87. The van der Waals surface area contributed by atoms with Gasteiger partial charge >= 0.3 is 0 Å². The van der Waals surface area contributed by atoms with Crippen molar-refractivity contribution in [2.75, 3.05) is 20.1 Å². The summed E-state index contributed by atoms with van der Waals surface area (Å²) < 4.78 is 48.9. The van der Waals surface area contributed by atoms with Crippen LogP contribution in [0.25, 0.3) is 0 Å². The van der Waals surface area contributed by atoms with E-state index in [0.29, 0.717) is 9.87 Å². The number of sulfonamides is 1. The van der Waals surface area contributed by atoms with Gasteiger partial charge in [-0.15, -0.1) is 0 Å². The molecule has 0 aliphatic heterocycles. The van der Waals surface area contributed by atoms with Gasteiger partial charge in [0, 0.05) is 12.6 Å². The monoisotopic (exact) mass is 288 g/mol. The number of benzene rings is 1. The van der Waals surface area contributed by atoms with Crippen molar-refractivity contribution >= 4 is 10.0 Å². The number of hydrogen-bond acceptors (Lipinski definition) is 3.